The van der Waals surface area contributed by atoms with E-state index in [0.717, 1.165) is 3.57 Å². The fourth-order valence-corrected chi connectivity index (χ4v) is 2.36. The first kappa shape index (κ1) is 14.8. The second-order valence-electron chi connectivity index (χ2n) is 4.38. The molecule has 2 rings (SSSR count). The van der Waals surface area contributed by atoms with E-state index in [1.807, 2.05) is 0 Å². The van der Waals surface area contributed by atoms with Gasteiger partial charge in [0.25, 0.3) is 5.91 Å². The predicted molar refractivity (Wildman–Crippen MR) is 83.1 cm³/mol. The van der Waals surface area contributed by atoms with Crippen LogP contribution in [0.25, 0.3) is 0 Å². The van der Waals surface area contributed by atoms with E-state index in [2.05, 4.69) is 27.9 Å². The second kappa shape index (κ2) is 6.21. The van der Waals surface area contributed by atoms with Gasteiger partial charge in [0.05, 0.1) is 11.6 Å². The van der Waals surface area contributed by atoms with Crippen molar-refractivity contribution in [2.45, 2.75) is 13.0 Å². The van der Waals surface area contributed by atoms with Gasteiger partial charge < -0.3 is 10.4 Å². The van der Waals surface area contributed by atoms with Gasteiger partial charge in [-0.25, -0.2) is 4.39 Å². The zero-order valence-corrected chi connectivity index (χ0v) is 12.9. The van der Waals surface area contributed by atoms with Crippen molar-refractivity contribution in [2.75, 3.05) is 0 Å². The number of nitrogens with one attached hydrogen (secondary N) is 1. The van der Waals surface area contributed by atoms with E-state index in [1.165, 1.54) is 12.1 Å². The van der Waals surface area contributed by atoms with Gasteiger partial charge in [-0.1, -0.05) is 18.2 Å². The Bertz CT molecular complexity index is 646. The number of aromatic hydroxyl groups is 1. The smallest absolute Gasteiger partial charge is 0.255 e. The first-order valence-corrected chi connectivity index (χ1v) is 7.10. The average Bonchev–Trinajstić information content (AvgIpc) is 2.41. The largest absolute Gasteiger partial charge is 0.507 e. The average molecular weight is 385 g/mol. The van der Waals surface area contributed by atoms with Gasteiger partial charge in [-0.2, -0.15) is 0 Å². The number of carbonyl (C=O) groups is 1. The first-order chi connectivity index (χ1) is 9.49. The van der Waals surface area contributed by atoms with Crippen molar-refractivity contribution in [1.29, 1.82) is 0 Å². The molecule has 0 bridgehead atoms. The molecular weight excluding hydrogens is 372 g/mol. The van der Waals surface area contributed by atoms with Crippen LogP contribution in [0.15, 0.2) is 42.5 Å². The molecule has 0 spiro atoms. The normalized spacial score (nSPS) is 11.9. The first-order valence-electron chi connectivity index (χ1n) is 6.03. The molecule has 0 aliphatic carbocycles. The number of amides is 1. The molecule has 0 saturated carbocycles. The Balaban J connectivity index is 2.20. The van der Waals surface area contributed by atoms with Gasteiger partial charge >= 0.3 is 0 Å². The Morgan fingerprint density at radius 3 is 2.70 bits per heavy atom. The number of phenols is 1. The molecule has 1 atom stereocenters. The quantitative estimate of drug-likeness (QED) is 0.793. The highest BCUT2D eigenvalue weighted by Gasteiger charge is 2.17. The summed E-state index contributed by atoms with van der Waals surface area (Å²) in [6.07, 6.45) is 0. The van der Waals surface area contributed by atoms with Gasteiger partial charge in [0.15, 0.2) is 0 Å². The standard InChI is InChI=1S/C15H13FINO2/c1-9(11-4-2-3-5-13(11)16)18-15(20)12-8-10(17)6-7-14(12)19/h2-9,19H,1H3,(H,18,20). The molecular formula is C15H13FINO2. The van der Waals surface area contributed by atoms with Crippen LogP contribution in [0.2, 0.25) is 0 Å². The third-order valence-electron chi connectivity index (χ3n) is 2.92. The van der Waals surface area contributed by atoms with Crippen molar-refractivity contribution in [3.05, 3.63) is 63.0 Å². The molecule has 5 heteroatoms. The van der Waals surface area contributed by atoms with Crippen molar-refractivity contribution in [3.63, 3.8) is 0 Å². The van der Waals surface area contributed by atoms with Crippen LogP contribution in [0, 0.1) is 9.39 Å². The summed E-state index contributed by atoms with van der Waals surface area (Å²) < 4.78 is 14.5. The number of phenolic OH excluding ortho intramolecular Hbond substituents is 1. The lowest BCUT2D eigenvalue weighted by molar-refractivity contribution is 0.0936. The van der Waals surface area contributed by atoms with Gasteiger partial charge in [0.1, 0.15) is 11.6 Å². The van der Waals surface area contributed by atoms with Crippen LogP contribution in [0.4, 0.5) is 4.39 Å². The minimum atomic E-state index is -0.485. The fraction of sp³-hybridized carbons (Fsp3) is 0.133. The lowest BCUT2D eigenvalue weighted by Crippen LogP contribution is -2.27. The molecule has 1 amide bonds. The van der Waals surface area contributed by atoms with Gasteiger partial charge in [-0.05, 0) is 53.8 Å². The SMILES string of the molecule is CC(NC(=O)c1cc(I)ccc1O)c1ccccc1F. The van der Waals surface area contributed by atoms with E-state index in [1.54, 1.807) is 37.3 Å². The molecule has 20 heavy (non-hydrogen) atoms. The zero-order chi connectivity index (χ0) is 14.7. The summed E-state index contributed by atoms with van der Waals surface area (Å²) in [7, 11) is 0. The third kappa shape index (κ3) is 3.27. The van der Waals surface area contributed by atoms with E-state index in [-0.39, 0.29) is 17.1 Å². The van der Waals surface area contributed by atoms with E-state index in [4.69, 9.17) is 0 Å². The lowest BCUT2D eigenvalue weighted by atomic mass is 10.1. The van der Waals surface area contributed by atoms with Crippen LogP contribution in [0.1, 0.15) is 28.9 Å². The maximum absolute atomic E-state index is 13.6. The van der Waals surface area contributed by atoms with Crippen molar-refractivity contribution in [2.24, 2.45) is 0 Å². The predicted octanol–water partition coefficient (Wildman–Crippen LogP) is 3.63. The van der Waals surface area contributed by atoms with Crippen LogP contribution in [-0.4, -0.2) is 11.0 Å². The van der Waals surface area contributed by atoms with E-state index in [0.29, 0.717) is 5.56 Å². The highest BCUT2D eigenvalue weighted by atomic mass is 127. The molecule has 0 heterocycles. The molecule has 3 nitrogen and oxygen atoms in total. The molecule has 0 fully saturated rings. The molecule has 2 aromatic carbocycles. The zero-order valence-electron chi connectivity index (χ0n) is 10.7. The van der Waals surface area contributed by atoms with Gasteiger partial charge in [-0.15, -0.1) is 0 Å². The summed E-state index contributed by atoms with van der Waals surface area (Å²) in [6, 6.07) is 10.5. The Labute approximate surface area is 130 Å². The maximum Gasteiger partial charge on any atom is 0.255 e. The fourth-order valence-electron chi connectivity index (χ4n) is 1.87. The molecule has 0 saturated heterocycles. The highest BCUT2D eigenvalue weighted by Crippen LogP contribution is 2.22. The summed E-state index contributed by atoms with van der Waals surface area (Å²) in [5.74, 6) is -0.896. The second-order valence-corrected chi connectivity index (χ2v) is 5.62. The minimum Gasteiger partial charge on any atom is -0.507 e. The Hall–Kier alpha value is -1.63. The summed E-state index contributed by atoms with van der Waals surface area (Å²) in [5.41, 5.74) is 0.589. The Morgan fingerprint density at radius 2 is 2.00 bits per heavy atom. The number of halogens is 2. The molecule has 0 aliphatic rings. The molecule has 0 aromatic heterocycles. The highest BCUT2D eigenvalue weighted by molar-refractivity contribution is 14.1. The maximum atomic E-state index is 13.6. The molecule has 104 valence electrons. The number of benzene rings is 2. The Morgan fingerprint density at radius 1 is 1.30 bits per heavy atom. The Kier molecular flexibility index (Phi) is 4.59. The van der Waals surface area contributed by atoms with E-state index in [9.17, 15) is 14.3 Å². The molecule has 1 unspecified atom stereocenters. The van der Waals surface area contributed by atoms with Gasteiger partial charge in [-0.3, -0.25) is 4.79 Å². The monoisotopic (exact) mass is 385 g/mol. The topological polar surface area (TPSA) is 49.3 Å². The summed E-state index contributed by atoms with van der Waals surface area (Å²) >= 11 is 2.05. The van der Waals surface area contributed by atoms with Crippen LogP contribution in [-0.2, 0) is 0 Å². The summed E-state index contributed by atoms with van der Waals surface area (Å²) in [4.78, 5) is 12.1. The van der Waals surface area contributed by atoms with E-state index < -0.39 is 11.9 Å². The molecule has 2 N–H and O–H groups in total. The number of rotatable bonds is 3. The third-order valence-corrected chi connectivity index (χ3v) is 3.59. The number of carbonyl (C=O) groups excluding carboxylic acids is 1. The molecule has 0 radical (unpaired) electrons. The van der Waals surface area contributed by atoms with E-state index >= 15 is 0 Å². The summed E-state index contributed by atoms with van der Waals surface area (Å²) in [6.45, 7) is 1.70. The van der Waals surface area contributed by atoms with Crippen LogP contribution in [0.5, 0.6) is 5.75 Å². The molecule has 0 aliphatic heterocycles. The lowest BCUT2D eigenvalue weighted by Gasteiger charge is -2.15. The molecule has 2 aromatic rings. The van der Waals surface area contributed by atoms with Crippen molar-refractivity contribution in [3.8, 4) is 5.75 Å². The van der Waals surface area contributed by atoms with Crippen molar-refractivity contribution in [1.82, 2.24) is 5.32 Å². The van der Waals surface area contributed by atoms with Gasteiger partial charge in [0.2, 0.25) is 0 Å². The van der Waals surface area contributed by atoms with Crippen molar-refractivity contribution < 1.29 is 14.3 Å². The minimum absolute atomic E-state index is 0.0938. The number of hydrogen-bond donors (Lipinski definition) is 2. The summed E-state index contributed by atoms with van der Waals surface area (Å²) in [5, 5.41) is 12.4. The van der Waals surface area contributed by atoms with Crippen LogP contribution in [0.3, 0.4) is 0 Å². The van der Waals surface area contributed by atoms with Crippen LogP contribution >= 0.6 is 22.6 Å². The van der Waals surface area contributed by atoms with Crippen molar-refractivity contribution >= 4 is 28.5 Å². The number of hydrogen-bond acceptors (Lipinski definition) is 2. The van der Waals surface area contributed by atoms with Gasteiger partial charge in [0, 0.05) is 9.13 Å². The van der Waals surface area contributed by atoms with Crippen LogP contribution < -0.4 is 5.32 Å².